The molecule has 0 bridgehead atoms. The molecule has 0 saturated carbocycles. The van der Waals surface area contributed by atoms with E-state index in [4.69, 9.17) is 11.6 Å². The van der Waals surface area contributed by atoms with E-state index >= 15 is 0 Å². The molecule has 76 valence electrons. The van der Waals surface area contributed by atoms with Crippen LogP contribution in [0.4, 0.5) is 0 Å². The highest BCUT2D eigenvalue weighted by Crippen LogP contribution is 2.11. The van der Waals surface area contributed by atoms with Crippen LogP contribution >= 0.6 is 11.6 Å². The fourth-order valence-corrected chi connectivity index (χ4v) is 1.43. The Morgan fingerprint density at radius 2 is 2.00 bits per heavy atom. The molecule has 0 spiro atoms. The molecule has 0 fully saturated rings. The van der Waals surface area contributed by atoms with Crippen LogP contribution in [0.25, 0.3) is 11.8 Å². The van der Waals surface area contributed by atoms with E-state index in [1.807, 2.05) is 0 Å². The molecule has 2 rings (SSSR count). The minimum atomic E-state index is -0.118. The van der Waals surface area contributed by atoms with E-state index in [2.05, 4.69) is 11.7 Å². The highest BCUT2D eigenvalue weighted by molar-refractivity contribution is 6.30. The van der Waals surface area contributed by atoms with Gasteiger partial charge in [-0.15, -0.1) is 0 Å². The lowest BCUT2D eigenvalue weighted by molar-refractivity contribution is 0.846. The third-order valence-electron chi connectivity index (χ3n) is 2.05. The molecule has 0 unspecified atom stereocenters. The summed E-state index contributed by atoms with van der Waals surface area (Å²) in [5, 5.41) is 3.55. The number of nitrogens with one attached hydrogen (secondary N) is 1. The molecule has 0 aliphatic rings. The first-order valence-electron chi connectivity index (χ1n) is 4.41. The van der Waals surface area contributed by atoms with Gasteiger partial charge in [-0.25, -0.2) is 4.68 Å². The van der Waals surface area contributed by atoms with Crippen molar-refractivity contribution >= 4 is 17.7 Å². The number of rotatable bonds is 2. The van der Waals surface area contributed by atoms with Gasteiger partial charge < -0.3 is 0 Å². The summed E-state index contributed by atoms with van der Waals surface area (Å²) in [7, 11) is 0. The predicted molar refractivity (Wildman–Crippen MR) is 61.5 cm³/mol. The Labute approximate surface area is 91.6 Å². The van der Waals surface area contributed by atoms with E-state index in [0.29, 0.717) is 10.7 Å². The van der Waals surface area contributed by atoms with Gasteiger partial charge in [-0.1, -0.05) is 18.2 Å². The average molecular weight is 221 g/mol. The molecule has 15 heavy (non-hydrogen) atoms. The van der Waals surface area contributed by atoms with Crippen molar-refractivity contribution in [3.63, 3.8) is 0 Å². The molecule has 0 amide bonds. The Hall–Kier alpha value is -1.74. The summed E-state index contributed by atoms with van der Waals surface area (Å²) in [4.78, 5) is 11.5. The van der Waals surface area contributed by atoms with Crippen molar-refractivity contribution in [2.24, 2.45) is 0 Å². The van der Waals surface area contributed by atoms with Crippen molar-refractivity contribution in [2.75, 3.05) is 0 Å². The molecule has 1 heterocycles. The number of aromatic amines is 1. The number of hydrogen-bond acceptors (Lipinski definition) is 1. The molecular formula is C11H9ClN2O. The van der Waals surface area contributed by atoms with Gasteiger partial charge in [0.1, 0.15) is 0 Å². The number of halogens is 1. The Morgan fingerprint density at radius 1 is 1.33 bits per heavy atom. The number of nitrogens with zero attached hydrogens (tertiary/aromatic N) is 1. The molecule has 0 radical (unpaired) electrons. The van der Waals surface area contributed by atoms with Crippen LogP contribution in [0.2, 0.25) is 5.02 Å². The summed E-state index contributed by atoms with van der Waals surface area (Å²) in [6.07, 6.45) is 1.59. The standard InChI is InChI=1S/C11H9ClN2O/c1-2-9-7-11(15)14(13-9)10-5-3-8(12)4-6-10/h2-7,13H,1H2. The van der Waals surface area contributed by atoms with E-state index < -0.39 is 0 Å². The third-order valence-corrected chi connectivity index (χ3v) is 2.30. The molecule has 1 aromatic heterocycles. The second-order valence-electron chi connectivity index (χ2n) is 3.07. The van der Waals surface area contributed by atoms with Gasteiger partial charge >= 0.3 is 0 Å². The summed E-state index contributed by atoms with van der Waals surface area (Å²) in [5.41, 5.74) is 1.32. The minimum Gasteiger partial charge on any atom is -0.291 e. The maximum atomic E-state index is 11.5. The normalized spacial score (nSPS) is 10.2. The largest absolute Gasteiger partial charge is 0.291 e. The fraction of sp³-hybridized carbons (Fsp3) is 0. The highest BCUT2D eigenvalue weighted by Gasteiger charge is 2.02. The highest BCUT2D eigenvalue weighted by atomic mass is 35.5. The first-order chi connectivity index (χ1) is 7.20. The molecule has 0 aliphatic heterocycles. The Morgan fingerprint density at radius 3 is 2.53 bits per heavy atom. The predicted octanol–water partition coefficient (Wildman–Crippen LogP) is 2.46. The monoisotopic (exact) mass is 220 g/mol. The molecular weight excluding hydrogens is 212 g/mol. The molecule has 0 saturated heterocycles. The second kappa shape index (κ2) is 3.79. The lowest BCUT2D eigenvalue weighted by atomic mass is 10.3. The molecule has 0 atom stereocenters. The Kier molecular flexibility index (Phi) is 2.47. The van der Waals surface area contributed by atoms with Crippen molar-refractivity contribution in [2.45, 2.75) is 0 Å². The summed E-state index contributed by atoms with van der Waals surface area (Å²) >= 11 is 5.76. The number of H-pyrrole nitrogens is 1. The van der Waals surface area contributed by atoms with E-state index in [-0.39, 0.29) is 5.56 Å². The number of hydrogen-bond donors (Lipinski definition) is 1. The van der Waals surface area contributed by atoms with Gasteiger partial charge in [-0.2, -0.15) is 0 Å². The summed E-state index contributed by atoms with van der Waals surface area (Å²) in [6, 6.07) is 8.50. The average Bonchev–Trinajstić information content (AvgIpc) is 2.61. The lowest BCUT2D eigenvalue weighted by Crippen LogP contribution is -2.13. The van der Waals surface area contributed by atoms with Crippen LogP contribution in [-0.2, 0) is 0 Å². The molecule has 1 N–H and O–H groups in total. The molecule has 3 nitrogen and oxygen atoms in total. The second-order valence-corrected chi connectivity index (χ2v) is 3.50. The zero-order valence-corrected chi connectivity index (χ0v) is 8.66. The molecule has 1 aromatic carbocycles. The van der Waals surface area contributed by atoms with E-state index in [9.17, 15) is 4.79 Å². The van der Waals surface area contributed by atoms with Crippen molar-refractivity contribution in [1.29, 1.82) is 0 Å². The number of benzene rings is 1. The van der Waals surface area contributed by atoms with Gasteiger partial charge in [0.25, 0.3) is 5.56 Å². The van der Waals surface area contributed by atoms with E-state index in [1.54, 1.807) is 30.3 Å². The van der Waals surface area contributed by atoms with Crippen LogP contribution in [0.3, 0.4) is 0 Å². The molecule has 0 aliphatic carbocycles. The van der Waals surface area contributed by atoms with Gasteiger partial charge in [0, 0.05) is 11.1 Å². The van der Waals surface area contributed by atoms with E-state index in [0.717, 1.165) is 5.69 Å². The van der Waals surface area contributed by atoms with E-state index in [1.165, 1.54) is 10.7 Å². The summed E-state index contributed by atoms with van der Waals surface area (Å²) in [5.74, 6) is 0. The number of aromatic nitrogens is 2. The first-order valence-corrected chi connectivity index (χ1v) is 4.79. The quantitative estimate of drug-likeness (QED) is 0.830. The topological polar surface area (TPSA) is 37.8 Å². The summed E-state index contributed by atoms with van der Waals surface area (Å²) in [6.45, 7) is 3.59. The SMILES string of the molecule is C=Cc1cc(=O)n(-c2ccc(Cl)cc2)[nH]1. The zero-order valence-electron chi connectivity index (χ0n) is 7.90. The van der Waals surface area contributed by atoms with Gasteiger partial charge in [-0.05, 0) is 30.3 Å². The van der Waals surface area contributed by atoms with Gasteiger partial charge in [0.15, 0.2) is 0 Å². The Bertz CT molecular complexity index is 536. The van der Waals surface area contributed by atoms with Gasteiger partial charge in [0.2, 0.25) is 0 Å². The fourth-order valence-electron chi connectivity index (χ4n) is 1.30. The van der Waals surface area contributed by atoms with Crippen LogP contribution in [0.5, 0.6) is 0 Å². The van der Waals surface area contributed by atoms with Crippen LogP contribution < -0.4 is 5.56 Å². The van der Waals surface area contributed by atoms with Crippen LogP contribution in [0, 0.1) is 0 Å². The van der Waals surface area contributed by atoms with Crippen molar-refractivity contribution in [3.8, 4) is 5.69 Å². The summed E-state index contributed by atoms with van der Waals surface area (Å²) < 4.78 is 1.44. The van der Waals surface area contributed by atoms with Crippen molar-refractivity contribution < 1.29 is 0 Å². The zero-order chi connectivity index (χ0) is 10.8. The Balaban J connectivity index is 2.53. The maximum Gasteiger partial charge on any atom is 0.271 e. The smallest absolute Gasteiger partial charge is 0.271 e. The van der Waals surface area contributed by atoms with Crippen LogP contribution in [-0.4, -0.2) is 9.78 Å². The van der Waals surface area contributed by atoms with Crippen molar-refractivity contribution in [3.05, 3.63) is 58.0 Å². The lowest BCUT2D eigenvalue weighted by Gasteiger charge is -2.00. The van der Waals surface area contributed by atoms with Crippen LogP contribution in [0.15, 0.2) is 41.7 Å². The van der Waals surface area contributed by atoms with Gasteiger partial charge in [0.05, 0.1) is 11.4 Å². The molecule has 2 aromatic rings. The third kappa shape index (κ3) is 1.87. The molecule has 4 heteroatoms. The van der Waals surface area contributed by atoms with Gasteiger partial charge in [-0.3, -0.25) is 9.89 Å². The maximum absolute atomic E-state index is 11.5. The minimum absolute atomic E-state index is 0.118. The van der Waals surface area contributed by atoms with Crippen molar-refractivity contribution in [1.82, 2.24) is 9.78 Å². The first kappa shape index (κ1) is 9.80. The van der Waals surface area contributed by atoms with Crippen LogP contribution in [0.1, 0.15) is 5.69 Å².